The third kappa shape index (κ3) is 5.11. The molecule has 1 amide bonds. The lowest BCUT2D eigenvalue weighted by molar-refractivity contribution is -0.113. The van der Waals surface area contributed by atoms with Gasteiger partial charge in [0, 0.05) is 13.7 Å². The SMILES string of the molecule is CCOCO/C(=C(/C)c1cc(C)ccc1C)C1(NC=O)CCC(OC)CC1. The van der Waals surface area contributed by atoms with E-state index in [0.29, 0.717) is 6.61 Å². The van der Waals surface area contributed by atoms with Crippen molar-refractivity contribution in [2.75, 3.05) is 20.5 Å². The van der Waals surface area contributed by atoms with Gasteiger partial charge >= 0.3 is 0 Å². The molecule has 0 atom stereocenters. The van der Waals surface area contributed by atoms with Crippen molar-refractivity contribution in [3.63, 3.8) is 0 Å². The van der Waals surface area contributed by atoms with Crippen molar-refractivity contribution in [3.8, 4) is 0 Å². The number of carbonyl (C=O) groups is 1. The molecular weight excluding hydrogens is 342 g/mol. The molecule has 0 spiro atoms. The fraction of sp³-hybridized carbons (Fsp3) is 0.591. The van der Waals surface area contributed by atoms with Gasteiger partial charge in [-0.2, -0.15) is 0 Å². The van der Waals surface area contributed by atoms with Crippen LogP contribution < -0.4 is 5.32 Å². The van der Waals surface area contributed by atoms with Gasteiger partial charge in [0.2, 0.25) is 6.41 Å². The number of nitrogens with one attached hydrogen (secondary N) is 1. The number of methoxy groups -OCH3 is 1. The molecule has 1 aromatic rings. The van der Waals surface area contributed by atoms with Crippen molar-refractivity contribution < 1.29 is 19.0 Å². The number of benzene rings is 1. The second kappa shape index (κ2) is 9.90. The molecule has 0 radical (unpaired) electrons. The summed E-state index contributed by atoms with van der Waals surface area (Å²) in [6.07, 6.45) is 4.30. The smallest absolute Gasteiger partial charge is 0.207 e. The molecule has 0 heterocycles. The van der Waals surface area contributed by atoms with Gasteiger partial charge in [-0.25, -0.2) is 0 Å². The van der Waals surface area contributed by atoms with E-state index in [0.717, 1.165) is 49.0 Å². The first kappa shape index (κ1) is 21.5. The minimum atomic E-state index is -0.534. The molecule has 5 heteroatoms. The highest BCUT2D eigenvalue weighted by Gasteiger charge is 2.41. The average Bonchev–Trinajstić information content (AvgIpc) is 2.67. The van der Waals surface area contributed by atoms with Gasteiger partial charge < -0.3 is 19.5 Å². The average molecular weight is 376 g/mol. The van der Waals surface area contributed by atoms with E-state index >= 15 is 0 Å². The Kier molecular flexibility index (Phi) is 7.87. The fourth-order valence-corrected chi connectivity index (χ4v) is 3.92. The predicted molar refractivity (Wildman–Crippen MR) is 107 cm³/mol. The van der Waals surface area contributed by atoms with Crippen LogP contribution in [0.25, 0.3) is 5.57 Å². The zero-order valence-electron chi connectivity index (χ0n) is 17.3. The van der Waals surface area contributed by atoms with E-state index in [2.05, 4.69) is 44.3 Å². The molecule has 0 bridgehead atoms. The van der Waals surface area contributed by atoms with Gasteiger partial charge in [-0.05, 0) is 70.1 Å². The molecule has 0 aromatic heterocycles. The van der Waals surface area contributed by atoms with Crippen LogP contribution in [0, 0.1) is 13.8 Å². The molecule has 0 unspecified atom stereocenters. The zero-order valence-corrected chi connectivity index (χ0v) is 17.3. The molecule has 1 N–H and O–H groups in total. The molecule has 5 nitrogen and oxygen atoms in total. The third-order valence-corrected chi connectivity index (χ3v) is 5.52. The molecule has 150 valence electrons. The van der Waals surface area contributed by atoms with E-state index in [1.807, 2.05) is 6.92 Å². The van der Waals surface area contributed by atoms with Crippen LogP contribution in [0.3, 0.4) is 0 Å². The van der Waals surface area contributed by atoms with Crippen molar-refractivity contribution in [1.82, 2.24) is 5.32 Å². The molecule has 1 fully saturated rings. The lowest BCUT2D eigenvalue weighted by atomic mass is 9.76. The van der Waals surface area contributed by atoms with Gasteiger partial charge in [0.25, 0.3) is 0 Å². The highest BCUT2D eigenvalue weighted by atomic mass is 16.7. The Morgan fingerprint density at radius 3 is 2.59 bits per heavy atom. The van der Waals surface area contributed by atoms with E-state index in [1.54, 1.807) is 7.11 Å². The van der Waals surface area contributed by atoms with Crippen LogP contribution >= 0.6 is 0 Å². The van der Waals surface area contributed by atoms with E-state index in [9.17, 15) is 4.79 Å². The van der Waals surface area contributed by atoms with Crippen LogP contribution in [-0.4, -0.2) is 38.6 Å². The van der Waals surface area contributed by atoms with Gasteiger partial charge in [0.05, 0.1) is 11.6 Å². The lowest BCUT2D eigenvalue weighted by Crippen LogP contribution is -2.51. The summed E-state index contributed by atoms with van der Waals surface area (Å²) in [6, 6.07) is 6.40. The van der Waals surface area contributed by atoms with E-state index in [4.69, 9.17) is 14.2 Å². The number of carbonyl (C=O) groups excluding carboxylic acids is 1. The van der Waals surface area contributed by atoms with Crippen molar-refractivity contribution >= 4 is 12.0 Å². The van der Waals surface area contributed by atoms with Crippen molar-refractivity contribution in [3.05, 3.63) is 40.6 Å². The molecule has 1 saturated carbocycles. The van der Waals surface area contributed by atoms with Gasteiger partial charge in [0.1, 0.15) is 5.76 Å². The summed E-state index contributed by atoms with van der Waals surface area (Å²) in [6.45, 7) is 8.94. The van der Waals surface area contributed by atoms with Crippen LogP contribution in [0.4, 0.5) is 0 Å². The van der Waals surface area contributed by atoms with Gasteiger partial charge in [0.15, 0.2) is 6.79 Å². The van der Waals surface area contributed by atoms with Gasteiger partial charge in [-0.15, -0.1) is 0 Å². The predicted octanol–water partition coefficient (Wildman–Crippen LogP) is 4.12. The number of hydrogen-bond donors (Lipinski definition) is 1. The Morgan fingerprint density at radius 2 is 2.00 bits per heavy atom. The normalized spacial score (nSPS) is 23.5. The van der Waals surface area contributed by atoms with Crippen LogP contribution in [-0.2, 0) is 19.0 Å². The fourth-order valence-electron chi connectivity index (χ4n) is 3.92. The summed E-state index contributed by atoms with van der Waals surface area (Å²) in [4.78, 5) is 11.5. The molecule has 1 aliphatic carbocycles. The van der Waals surface area contributed by atoms with E-state index in [1.165, 1.54) is 11.1 Å². The Labute approximate surface area is 163 Å². The maximum Gasteiger partial charge on any atom is 0.207 e. The first-order valence-electron chi connectivity index (χ1n) is 9.71. The van der Waals surface area contributed by atoms with Crippen molar-refractivity contribution in [1.29, 1.82) is 0 Å². The number of aryl methyl sites for hydroxylation is 2. The van der Waals surface area contributed by atoms with Crippen LogP contribution in [0.2, 0.25) is 0 Å². The van der Waals surface area contributed by atoms with Gasteiger partial charge in [-0.1, -0.05) is 23.8 Å². The Hall–Kier alpha value is -1.85. The summed E-state index contributed by atoms with van der Waals surface area (Å²) in [7, 11) is 1.74. The topological polar surface area (TPSA) is 56.8 Å². The molecular formula is C22H33NO4. The quantitative estimate of drug-likeness (QED) is 0.305. The Bertz CT molecular complexity index is 660. The summed E-state index contributed by atoms with van der Waals surface area (Å²) >= 11 is 0. The van der Waals surface area contributed by atoms with Gasteiger partial charge in [-0.3, -0.25) is 4.79 Å². The van der Waals surface area contributed by atoms with E-state index < -0.39 is 5.54 Å². The molecule has 0 saturated heterocycles. The second-order valence-electron chi connectivity index (χ2n) is 7.31. The number of amides is 1. The second-order valence-corrected chi connectivity index (χ2v) is 7.31. The minimum absolute atomic E-state index is 0.171. The Morgan fingerprint density at radius 1 is 1.30 bits per heavy atom. The van der Waals surface area contributed by atoms with Crippen molar-refractivity contribution in [2.24, 2.45) is 0 Å². The molecule has 1 aliphatic rings. The standard InChI is InChI=1S/C22H33NO4/c1-6-26-15-27-21(18(4)20-13-16(2)7-8-17(20)3)22(23-14-24)11-9-19(25-5)10-12-22/h7-8,13-14,19H,6,9-12,15H2,1-5H3,(H,23,24)/b21-18-. The lowest BCUT2D eigenvalue weighted by Gasteiger charge is -2.41. The number of allylic oxidation sites excluding steroid dienone is 1. The molecule has 1 aromatic carbocycles. The third-order valence-electron chi connectivity index (χ3n) is 5.52. The Balaban J connectivity index is 2.50. The minimum Gasteiger partial charge on any atom is -0.469 e. The van der Waals surface area contributed by atoms with Crippen LogP contribution in [0.15, 0.2) is 24.0 Å². The first-order valence-corrected chi connectivity index (χ1v) is 9.71. The monoisotopic (exact) mass is 375 g/mol. The molecule has 2 rings (SSSR count). The van der Waals surface area contributed by atoms with Crippen LogP contribution in [0.1, 0.15) is 56.2 Å². The highest BCUT2D eigenvalue weighted by Crippen LogP contribution is 2.39. The van der Waals surface area contributed by atoms with E-state index in [-0.39, 0.29) is 12.9 Å². The largest absolute Gasteiger partial charge is 0.469 e. The summed E-state index contributed by atoms with van der Waals surface area (Å²) < 4.78 is 17.1. The maximum absolute atomic E-state index is 11.5. The summed E-state index contributed by atoms with van der Waals surface area (Å²) in [5, 5.41) is 3.08. The zero-order chi connectivity index (χ0) is 19.9. The molecule has 0 aliphatic heterocycles. The summed E-state index contributed by atoms with van der Waals surface area (Å²) in [5.74, 6) is 0.798. The summed E-state index contributed by atoms with van der Waals surface area (Å²) in [5.41, 5.74) is 4.03. The molecule has 27 heavy (non-hydrogen) atoms. The van der Waals surface area contributed by atoms with Crippen molar-refractivity contribution in [2.45, 2.75) is 65.0 Å². The maximum atomic E-state index is 11.5. The first-order chi connectivity index (χ1) is 13.0. The van der Waals surface area contributed by atoms with Crippen LogP contribution in [0.5, 0.6) is 0 Å². The number of rotatable bonds is 9. The highest BCUT2D eigenvalue weighted by molar-refractivity contribution is 5.71. The number of hydrogen-bond acceptors (Lipinski definition) is 4. The number of ether oxygens (including phenoxy) is 3.